The van der Waals surface area contributed by atoms with Crippen LogP contribution in [0.2, 0.25) is 5.02 Å². The first kappa shape index (κ1) is 23.9. The van der Waals surface area contributed by atoms with E-state index in [4.69, 9.17) is 11.6 Å². The third kappa shape index (κ3) is 5.54. The van der Waals surface area contributed by atoms with Gasteiger partial charge in [-0.15, -0.1) is 0 Å². The van der Waals surface area contributed by atoms with Gasteiger partial charge in [-0.2, -0.15) is 0 Å². The third-order valence-electron chi connectivity index (χ3n) is 5.04. The van der Waals surface area contributed by atoms with E-state index in [9.17, 15) is 24.8 Å². The Morgan fingerprint density at radius 2 is 1.70 bits per heavy atom. The molecule has 3 rings (SSSR count). The maximum absolute atomic E-state index is 13.1. The van der Waals surface area contributed by atoms with Gasteiger partial charge in [0.05, 0.1) is 16.6 Å². The Bertz CT molecular complexity index is 1190. The number of nitrogens with zero attached hydrogens (tertiary/aromatic N) is 2. The van der Waals surface area contributed by atoms with Gasteiger partial charge in [-0.05, 0) is 35.9 Å². The topological polar surface area (TPSA) is 113 Å². The fourth-order valence-corrected chi connectivity index (χ4v) is 3.44. The van der Waals surface area contributed by atoms with E-state index in [0.29, 0.717) is 16.3 Å². The average molecular weight is 468 g/mol. The Kier molecular flexibility index (Phi) is 7.42. The first-order valence-corrected chi connectivity index (χ1v) is 10.4. The molecular formula is C24H22ClN3O5. The summed E-state index contributed by atoms with van der Waals surface area (Å²) >= 11 is 5.85. The number of aliphatic hydroxyl groups is 1. The molecule has 170 valence electrons. The van der Waals surface area contributed by atoms with Crippen LogP contribution >= 0.6 is 11.6 Å². The number of benzene rings is 3. The molecule has 0 aliphatic carbocycles. The van der Waals surface area contributed by atoms with Crippen molar-refractivity contribution in [1.29, 1.82) is 0 Å². The van der Waals surface area contributed by atoms with Crippen LogP contribution < -0.4 is 10.2 Å². The minimum Gasteiger partial charge on any atom is -0.387 e. The van der Waals surface area contributed by atoms with E-state index in [-0.39, 0.29) is 28.9 Å². The molecule has 0 heterocycles. The lowest BCUT2D eigenvalue weighted by molar-refractivity contribution is -0.384. The van der Waals surface area contributed by atoms with Crippen molar-refractivity contribution in [1.82, 2.24) is 5.32 Å². The summed E-state index contributed by atoms with van der Waals surface area (Å²) < 4.78 is 0. The van der Waals surface area contributed by atoms with Gasteiger partial charge < -0.3 is 15.3 Å². The van der Waals surface area contributed by atoms with Crippen molar-refractivity contribution in [3.05, 3.63) is 104 Å². The van der Waals surface area contributed by atoms with Gasteiger partial charge in [0.25, 0.3) is 11.6 Å². The van der Waals surface area contributed by atoms with Crippen molar-refractivity contribution < 1.29 is 19.6 Å². The zero-order chi connectivity index (χ0) is 24.1. The molecule has 0 bridgehead atoms. The molecule has 8 nitrogen and oxygen atoms in total. The van der Waals surface area contributed by atoms with E-state index >= 15 is 0 Å². The zero-order valence-corrected chi connectivity index (χ0v) is 18.7. The molecule has 3 aromatic carbocycles. The van der Waals surface area contributed by atoms with Crippen LogP contribution in [0.4, 0.5) is 11.4 Å². The van der Waals surface area contributed by atoms with E-state index < -0.39 is 22.7 Å². The van der Waals surface area contributed by atoms with Crippen LogP contribution in [0, 0.1) is 10.1 Å². The minimum absolute atomic E-state index is 0.0774. The second-order valence-corrected chi connectivity index (χ2v) is 7.94. The molecule has 1 unspecified atom stereocenters. The Morgan fingerprint density at radius 3 is 2.30 bits per heavy atom. The number of anilines is 1. The number of amides is 1. The minimum atomic E-state index is -0.963. The fourth-order valence-electron chi connectivity index (χ4n) is 3.31. The Balaban J connectivity index is 1.83. The lowest BCUT2D eigenvalue weighted by atomic mass is 9.97. The Morgan fingerprint density at radius 1 is 1.06 bits per heavy atom. The van der Waals surface area contributed by atoms with Crippen molar-refractivity contribution in [2.24, 2.45) is 0 Å². The predicted molar refractivity (Wildman–Crippen MR) is 126 cm³/mol. The summed E-state index contributed by atoms with van der Waals surface area (Å²) in [6.07, 6.45) is -0.963. The van der Waals surface area contributed by atoms with Crippen molar-refractivity contribution in [3.63, 3.8) is 0 Å². The van der Waals surface area contributed by atoms with Crippen molar-refractivity contribution in [2.75, 3.05) is 25.5 Å². The van der Waals surface area contributed by atoms with Crippen molar-refractivity contribution in [2.45, 2.75) is 6.10 Å². The summed E-state index contributed by atoms with van der Waals surface area (Å²) in [5, 5.41) is 24.9. The first-order chi connectivity index (χ1) is 15.7. The summed E-state index contributed by atoms with van der Waals surface area (Å²) in [6, 6.07) is 17.0. The molecule has 0 radical (unpaired) electrons. The largest absolute Gasteiger partial charge is 0.387 e. The smallest absolute Gasteiger partial charge is 0.293 e. The number of rotatable bonds is 8. The van der Waals surface area contributed by atoms with Crippen molar-refractivity contribution in [3.8, 4) is 0 Å². The van der Waals surface area contributed by atoms with Crippen LogP contribution in [0.3, 0.4) is 0 Å². The quantitative estimate of drug-likeness (QED) is 0.294. The van der Waals surface area contributed by atoms with Crippen molar-refractivity contribution >= 4 is 34.7 Å². The molecule has 33 heavy (non-hydrogen) atoms. The van der Waals surface area contributed by atoms with Gasteiger partial charge in [0.1, 0.15) is 5.69 Å². The summed E-state index contributed by atoms with van der Waals surface area (Å²) in [7, 11) is 3.34. The highest BCUT2D eigenvalue weighted by Gasteiger charge is 2.23. The van der Waals surface area contributed by atoms with Crippen LogP contribution in [-0.4, -0.2) is 42.4 Å². The molecule has 1 amide bonds. The fraction of sp³-hybridized carbons (Fsp3) is 0.167. The van der Waals surface area contributed by atoms with Crippen LogP contribution in [0.5, 0.6) is 0 Å². The Hall–Kier alpha value is -3.75. The number of carbonyl (C=O) groups excluding carboxylic acids is 2. The molecular weight excluding hydrogens is 446 g/mol. The predicted octanol–water partition coefficient (Wildman–Crippen LogP) is 4.01. The lowest BCUT2D eigenvalue weighted by Gasteiger charge is -2.15. The molecule has 0 spiro atoms. The van der Waals surface area contributed by atoms with E-state index in [1.165, 1.54) is 30.3 Å². The zero-order valence-electron chi connectivity index (χ0n) is 18.0. The molecule has 0 saturated carbocycles. The SMILES string of the molecule is CN(C)c1ccc(C(=O)c2ccccc2C(=O)NCC(O)c2ccc(Cl)cc2)cc1[N+](=O)[O-]. The molecule has 0 aliphatic rings. The van der Waals surface area contributed by atoms with E-state index in [0.717, 1.165) is 0 Å². The number of aliphatic hydroxyl groups excluding tert-OH is 1. The summed E-state index contributed by atoms with van der Waals surface area (Å²) in [5.74, 6) is -1.07. The number of ketones is 1. The standard InChI is InChI=1S/C24H22ClN3O5/c1-27(2)20-12-9-16(13-21(20)28(32)33)23(30)18-5-3-4-6-19(18)24(31)26-14-22(29)15-7-10-17(25)11-8-15/h3-13,22,29H,14H2,1-2H3,(H,26,31). The number of nitrogens with one attached hydrogen (secondary N) is 1. The lowest BCUT2D eigenvalue weighted by Crippen LogP contribution is -2.29. The Labute approximate surface area is 195 Å². The highest BCUT2D eigenvalue weighted by Crippen LogP contribution is 2.29. The summed E-state index contributed by atoms with van der Waals surface area (Å²) in [5.41, 5.74) is 1.02. The van der Waals surface area contributed by atoms with Gasteiger partial charge in [-0.1, -0.05) is 41.9 Å². The van der Waals surface area contributed by atoms with Gasteiger partial charge >= 0.3 is 0 Å². The van der Waals surface area contributed by atoms with Crippen LogP contribution in [0.15, 0.2) is 66.7 Å². The number of nitro benzene ring substituents is 1. The second-order valence-electron chi connectivity index (χ2n) is 7.51. The summed E-state index contributed by atoms with van der Waals surface area (Å²) in [6.45, 7) is -0.0774. The summed E-state index contributed by atoms with van der Waals surface area (Å²) in [4.78, 5) is 38.4. The van der Waals surface area contributed by atoms with Crippen LogP contribution in [-0.2, 0) is 0 Å². The molecule has 0 aromatic heterocycles. The maximum Gasteiger partial charge on any atom is 0.293 e. The van der Waals surface area contributed by atoms with E-state index in [1.807, 2.05) is 0 Å². The van der Waals surface area contributed by atoms with Gasteiger partial charge in [-0.3, -0.25) is 19.7 Å². The monoisotopic (exact) mass is 467 g/mol. The number of hydrogen-bond donors (Lipinski definition) is 2. The molecule has 9 heteroatoms. The molecule has 1 atom stereocenters. The number of halogens is 1. The van der Waals surface area contributed by atoms with Gasteiger partial charge in [0.2, 0.25) is 0 Å². The number of carbonyl (C=O) groups is 2. The van der Waals surface area contributed by atoms with Gasteiger partial charge in [0, 0.05) is 42.9 Å². The molecule has 0 aliphatic heterocycles. The second kappa shape index (κ2) is 10.2. The maximum atomic E-state index is 13.1. The van der Waals surface area contributed by atoms with Crippen LogP contribution in [0.1, 0.15) is 37.9 Å². The molecule has 0 fully saturated rings. The first-order valence-electron chi connectivity index (χ1n) is 10.00. The normalized spacial score (nSPS) is 11.5. The molecule has 2 N–H and O–H groups in total. The average Bonchev–Trinajstić information content (AvgIpc) is 2.81. The van der Waals surface area contributed by atoms with E-state index in [2.05, 4.69) is 5.32 Å². The highest BCUT2D eigenvalue weighted by atomic mass is 35.5. The number of nitro groups is 1. The van der Waals surface area contributed by atoms with Crippen LogP contribution in [0.25, 0.3) is 0 Å². The van der Waals surface area contributed by atoms with Gasteiger partial charge in [-0.25, -0.2) is 0 Å². The highest BCUT2D eigenvalue weighted by molar-refractivity contribution is 6.30. The van der Waals surface area contributed by atoms with E-state index in [1.54, 1.807) is 55.4 Å². The van der Waals surface area contributed by atoms with Gasteiger partial charge in [0.15, 0.2) is 5.78 Å². The number of hydrogen-bond acceptors (Lipinski definition) is 6. The molecule has 0 saturated heterocycles. The molecule has 3 aromatic rings. The third-order valence-corrected chi connectivity index (χ3v) is 5.30.